The van der Waals surface area contributed by atoms with E-state index in [0.29, 0.717) is 12.0 Å². The Morgan fingerprint density at radius 3 is 2.15 bits per heavy atom. The number of halogens is 1. The first-order chi connectivity index (χ1) is 12.3. The van der Waals surface area contributed by atoms with Crippen molar-refractivity contribution < 1.29 is 17.7 Å². The molecule has 0 saturated heterocycles. The van der Waals surface area contributed by atoms with E-state index in [4.69, 9.17) is 0 Å². The predicted octanol–water partition coefficient (Wildman–Crippen LogP) is 0.802. The Labute approximate surface area is 163 Å². The maximum absolute atomic E-state index is 4.61. The molecule has 2 aromatic carbocycles. The van der Waals surface area contributed by atoms with Crippen molar-refractivity contribution in [1.29, 1.82) is 0 Å². The second kappa shape index (κ2) is 10.7. The number of hydrogen-bond acceptors (Lipinski definition) is 1. The van der Waals surface area contributed by atoms with Crippen LogP contribution in [0.2, 0.25) is 0 Å². The highest BCUT2D eigenvalue weighted by Gasteiger charge is 2.16. The average Bonchev–Trinajstić information content (AvgIpc) is 2.67. The molecule has 1 heterocycles. The topological polar surface area (TPSA) is 29.5 Å². The van der Waals surface area contributed by atoms with Gasteiger partial charge in [-0.2, -0.15) is 0 Å². The molecule has 2 nitrogen and oxygen atoms in total. The lowest BCUT2D eigenvalue weighted by Gasteiger charge is -2.18. The van der Waals surface area contributed by atoms with E-state index in [0.717, 1.165) is 25.1 Å². The van der Waals surface area contributed by atoms with Crippen molar-refractivity contribution in [2.24, 2.45) is 0 Å². The van der Waals surface area contributed by atoms with Crippen LogP contribution in [0.25, 0.3) is 0 Å². The number of aromatic nitrogens is 1. The molecule has 26 heavy (non-hydrogen) atoms. The summed E-state index contributed by atoms with van der Waals surface area (Å²) >= 11 is 0. The van der Waals surface area contributed by atoms with Crippen molar-refractivity contribution in [3.8, 4) is 0 Å². The van der Waals surface area contributed by atoms with E-state index in [1.165, 1.54) is 11.1 Å². The molecule has 0 saturated carbocycles. The standard InChI is InChI=1S/C23H26N2.ClH/c1-19(18-20-10-4-2-5-11-20)24-17-15-22(21-12-6-3-7-13-21)23-14-8-9-16-25-23;/h2-14,16,19,22,24H,15,17-18H2,1H3;1H. The van der Waals surface area contributed by atoms with Crippen molar-refractivity contribution in [1.82, 2.24) is 4.98 Å². The van der Waals surface area contributed by atoms with Crippen LogP contribution in [0.1, 0.15) is 36.1 Å². The van der Waals surface area contributed by atoms with Gasteiger partial charge in [0.2, 0.25) is 0 Å². The second-order valence-corrected chi connectivity index (χ2v) is 6.70. The molecular formula is C23H27ClN2. The SMILES string of the molecule is CC(Cc1ccccc1)[NH2+]CCC(c1ccccc1)c1ccccn1.[Cl-]. The highest BCUT2D eigenvalue weighted by atomic mass is 35.5. The Morgan fingerprint density at radius 1 is 0.846 bits per heavy atom. The van der Waals surface area contributed by atoms with Gasteiger partial charge in [0.25, 0.3) is 0 Å². The van der Waals surface area contributed by atoms with Crippen LogP contribution >= 0.6 is 0 Å². The minimum Gasteiger partial charge on any atom is -1.00 e. The molecule has 2 N–H and O–H groups in total. The second-order valence-electron chi connectivity index (χ2n) is 6.70. The Balaban J connectivity index is 0.00000243. The first kappa shape index (κ1) is 20.2. The Bertz CT molecular complexity index is 692. The molecule has 0 spiro atoms. The van der Waals surface area contributed by atoms with E-state index in [1.807, 2.05) is 12.3 Å². The summed E-state index contributed by atoms with van der Waals surface area (Å²) in [6.45, 7) is 3.41. The molecule has 0 fully saturated rings. The monoisotopic (exact) mass is 366 g/mol. The molecule has 0 aliphatic heterocycles. The molecule has 3 heteroatoms. The van der Waals surface area contributed by atoms with Crippen LogP contribution in [0.5, 0.6) is 0 Å². The molecule has 0 amide bonds. The molecule has 0 bridgehead atoms. The fourth-order valence-corrected chi connectivity index (χ4v) is 3.37. The van der Waals surface area contributed by atoms with Crippen LogP contribution < -0.4 is 17.7 Å². The van der Waals surface area contributed by atoms with Gasteiger partial charge in [0.05, 0.1) is 12.6 Å². The van der Waals surface area contributed by atoms with Gasteiger partial charge in [-0.15, -0.1) is 0 Å². The fraction of sp³-hybridized carbons (Fsp3) is 0.261. The number of hydrogen-bond donors (Lipinski definition) is 1. The van der Waals surface area contributed by atoms with Crippen LogP contribution in [0, 0.1) is 0 Å². The van der Waals surface area contributed by atoms with Gasteiger partial charge < -0.3 is 17.7 Å². The summed E-state index contributed by atoms with van der Waals surface area (Å²) in [5, 5.41) is 2.46. The smallest absolute Gasteiger partial charge is 0.0871 e. The highest BCUT2D eigenvalue weighted by molar-refractivity contribution is 5.28. The van der Waals surface area contributed by atoms with Crippen LogP contribution in [0.15, 0.2) is 85.1 Å². The van der Waals surface area contributed by atoms with E-state index in [2.05, 4.69) is 90.0 Å². The summed E-state index contributed by atoms with van der Waals surface area (Å²) in [5.41, 5.74) is 3.93. The van der Waals surface area contributed by atoms with E-state index >= 15 is 0 Å². The van der Waals surface area contributed by atoms with Gasteiger partial charge >= 0.3 is 0 Å². The summed E-state index contributed by atoms with van der Waals surface area (Å²) in [5.74, 6) is 0.363. The fourth-order valence-electron chi connectivity index (χ4n) is 3.37. The van der Waals surface area contributed by atoms with Crippen molar-refractivity contribution in [2.75, 3.05) is 6.54 Å². The zero-order valence-electron chi connectivity index (χ0n) is 15.3. The number of nitrogens with two attached hydrogens (primary N) is 1. The van der Waals surface area contributed by atoms with E-state index in [-0.39, 0.29) is 12.4 Å². The third kappa shape index (κ3) is 5.98. The molecule has 0 aliphatic carbocycles. The number of rotatable bonds is 8. The van der Waals surface area contributed by atoms with E-state index in [9.17, 15) is 0 Å². The minimum absolute atomic E-state index is 0. The maximum Gasteiger partial charge on any atom is 0.0871 e. The number of quaternary nitrogens is 1. The van der Waals surface area contributed by atoms with Crippen molar-refractivity contribution in [2.45, 2.75) is 31.7 Å². The van der Waals surface area contributed by atoms with Gasteiger partial charge in [0.1, 0.15) is 0 Å². The largest absolute Gasteiger partial charge is 1.00 e. The number of pyridine rings is 1. The van der Waals surface area contributed by atoms with Gasteiger partial charge in [0.15, 0.2) is 0 Å². The van der Waals surface area contributed by atoms with Gasteiger partial charge in [-0.05, 0) is 30.2 Å². The van der Waals surface area contributed by atoms with Gasteiger partial charge in [-0.25, -0.2) is 0 Å². The molecule has 2 atom stereocenters. The third-order valence-electron chi connectivity index (χ3n) is 4.67. The molecule has 2 unspecified atom stereocenters. The van der Waals surface area contributed by atoms with Gasteiger partial charge in [0, 0.05) is 30.7 Å². The third-order valence-corrected chi connectivity index (χ3v) is 4.67. The van der Waals surface area contributed by atoms with Crippen LogP contribution in [0.3, 0.4) is 0 Å². The predicted molar refractivity (Wildman–Crippen MR) is 104 cm³/mol. The lowest BCUT2D eigenvalue weighted by molar-refractivity contribution is -0.686. The molecular weight excluding hydrogens is 340 g/mol. The molecule has 0 aliphatic rings. The van der Waals surface area contributed by atoms with Crippen LogP contribution in [-0.4, -0.2) is 17.6 Å². The first-order valence-corrected chi connectivity index (χ1v) is 9.16. The van der Waals surface area contributed by atoms with Crippen LogP contribution in [-0.2, 0) is 6.42 Å². The van der Waals surface area contributed by atoms with Gasteiger partial charge in [-0.3, -0.25) is 4.98 Å². The molecule has 1 aromatic heterocycles. The zero-order valence-corrected chi connectivity index (χ0v) is 16.0. The molecule has 0 radical (unpaired) electrons. The first-order valence-electron chi connectivity index (χ1n) is 9.16. The summed E-state index contributed by atoms with van der Waals surface area (Å²) in [6.07, 6.45) is 4.10. The van der Waals surface area contributed by atoms with E-state index < -0.39 is 0 Å². The Morgan fingerprint density at radius 2 is 1.50 bits per heavy atom. The number of benzene rings is 2. The molecule has 136 valence electrons. The normalized spacial score (nSPS) is 12.8. The molecule has 3 rings (SSSR count). The minimum atomic E-state index is 0. The summed E-state index contributed by atoms with van der Waals surface area (Å²) in [7, 11) is 0. The maximum atomic E-state index is 4.61. The molecule has 3 aromatic rings. The quantitative estimate of drug-likeness (QED) is 0.628. The van der Waals surface area contributed by atoms with Crippen molar-refractivity contribution >= 4 is 0 Å². The summed E-state index contributed by atoms with van der Waals surface area (Å²) in [4.78, 5) is 4.61. The summed E-state index contributed by atoms with van der Waals surface area (Å²) in [6, 6.07) is 28.3. The Hall–Kier alpha value is -2.16. The Kier molecular flexibility index (Phi) is 8.33. The highest BCUT2D eigenvalue weighted by Crippen LogP contribution is 2.25. The number of nitrogens with zero attached hydrogens (tertiary/aromatic N) is 1. The van der Waals surface area contributed by atoms with E-state index in [1.54, 1.807) is 0 Å². The summed E-state index contributed by atoms with van der Waals surface area (Å²) < 4.78 is 0. The average molecular weight is 367 g/mol. The van der Waals surface area contributed by atoms with Crippen molar-refractivity contribution in [3.63, 3.8) is 0 Å². The zero-order chi connectivity index (χ0) is 17.3. The van der Waals surface area contributed by atoms with Crippen LogP contribution in [0.4, 0.5) is 0 Å². The van der Waals surface area contributed by atoms with Crippen molar-refractivity contribution in [3.05, 3.63) is 102 Å². The van der Waals surface area contributed by atoms with Gasteiger partial charge in [-0.1, -0.05) is 66.7 Å². The lowest BCUT2D eigenvalue weighted by atomic mass is 9.92. The lowest BCUT2D eigenvalue weighted by Crippen LogP contribution is -3.00.